The maximum Gasteiger partial charge on any atom is 0.261 e. The van der Waals surface area contributed by atoms with Gasteiger partial charge in [0.2, 0.25) is 0 Å². The van der Waals surface area contributed by atoms with Gasteiger partial charge in [0, 0.05) is 16.7 Å². The molecule has 0 spiro atoms. The number of hydrogen-bond acceptors (Lipinski definition) is 4. The van der Waals surface area contributed by atoms with Crippen LogP contribution in [0.5, 0.6) is 5.75 Å². The molecule has 1 atom stereocenters. The van der Waals surface area contributed by atoms with E-state index in [4.69, 9.17) is 15.4 Å². The Hall–Kier alpha value is -0.940. The Labute approximate surface area is 112 Å². The molecule has 1 aliphatic heterocycles. The van der Waals surface area contributed by atoms with Crippen molar-refractivity contribution < 1.29 is 13.2 Å². The maximum atomic E-state index is 11.4. The SMILES string of the molecule is CC1CN(C(C)C)c2cc(S(=O)(=O)Cl)ccc2O1. The molecule has 0 aromatic heterocycles. The Balaban J connectivity index is 2.53. The van der Waals surface area contributed by atoms with Crippen LogP contribution in [0.2, 0.25) is 0 Å². The van der Waals surface area contributed by atoms with E-state index >= 15 is 0 Å². The lowest BCUT2D eigenvalue weighted by Gasteiger charge is -2.37. The second kappa shape index (κ2) is 4.63. The van der Waals surface area contributed by atoms with Crippen molar-refractivity contribution in [2.45, 2.75) is 37.8 Å². The fraction of sp³-hybridized carbons (Fsp3) is 0.500. The Morgan fingerprint density at radius 1 is 1.44 bits per heavy atom. The molecule has 100 valence electrons. The van der Waals surface area contributed by atoms with Gasteiger partial charge in [-0.15, -0.1) is 0 Å². The van der Waals surface area contributed by atoms with Crippen LogP contribution in [0.15, 0.2) is 23.1 Å². The van der Waals surface area contributed by atoms with Crippen LogP contribution < -0.4 is 9.64 Å². The molecule has 1 unspecified atom stereocenters. The molecule has 0 aliphatic carbocycles. The normalized spacial score (nSPS) is 19.6. The number of ether oxygens (including phenoxy) is 1. The van der Waals surface area contributed by atoms with Gasteiger partial charge < -0.3 is 9.64 Å². The summed E-state index contributed by atoms with van der Waals surface area (Å²) in [5.41, 5.74) is 0.782. The molecule has 1 aliphatic rings. The molecule has 0 saturated heterocycles. The van der Waals surface area contributed by atoms with E-state index in [0.717, 1.165) is 12.2 Å². The minimum atomic E-state index is -3.71. The van der Waals surface area contributed by atoms with Gasteiger partial charge in [0.05, 0.1) is 17.1 Å². The highest BCUT2D eigenvalue weighted by Gasteiger charge is 2.26. The molecule has 0 bridgehead atoms. The Bertz CT molecular complexity index is 556. The van der Waals surface area contributed by atoms with Crippen LogP contribution in [0.3, 0.4) is 0 Å². The summed E-state index contributed by atoms with van der Waals surface area (Å²) in [7, 11) is 1.66. The third kappa shape index (κ3) is 2.57. The first-order chi connectivity index (χ1) is 8.29. The van der Waals surface area contributed by atoms with Crippen LogP contribution >= 0.6 is 10.7 Å². The molecule has 1 heterocycles. The quantitative estimate of drug-likeness (QED) is 0.785. The molecular weight excluding hydrogens is 274 g/mol. The number of fused-ring (bicyclic) bond motifs is 1. The molecule has 6 heteroatoms. The molecule has 1 aromatic rings. The Morgan fingerprint density at radius 3 is 2.67 bits per heavy atom. The zero-order valence-electron chi connectivity index (χ0n) is 10.6. The van der Waals surface area contributed by atoms with E-state index < -0.39 is 9.05 Å². The number of hydrogen-bond donors (Lipinski definition) is 0. The van der Waals surface area contributed by atoms with Gasteiger partial charge in [-0.25, -0.2) is 8.42 Å². The molecule has 2 rings (SSSR count). The van der Waals surface area contributed by atoms with Crippen molar-refractivity contribution in [2.24, 2.45) is 0 Å². The molecule has 0 N–H and O–H groups in total. The monoisotopic (exact) mass is 289 g/mol. The van der Waals surface area contributed by atoms with E-state index in [1.807, 2.05) is 6.92 Å². The summed E-state index contributed by atoms with van der Waals surface area (Å²) >= 11 is 0. The number of nitrogens with zero attached hydrogens (tertiary/aromatic N) is 1. The fourth-order valence-electron chi connectivity index (χ4n) is 2.09. The van der Waals surface area contributed by atoms with Gasteiger partial charge in [0.15, 0.2) is 0 Å². The van der Waals surface area contributed by atoms with Crippen molar-refractivity contribution in [3.63, 3.8) is 0 Å². The molecular formula is C12H16ClNO3S. The van der Waals surface area contributed by atoms with E-state index in [-0.39, 0.29) is 17.0 Å². The number of rotatable bonds is 2. The van der Waals surface area contributed by atoms with Crippen molar-refractivity contribution in [2.75, 3.05) is 11.4 Å². The summed E-state index contributed by atoms with van der Waals surface area (Å²) in [6, 6.07) is 4.97. The molecule has 4 nitrogen and oxygen atoms in total. The average Bonchev–Trinajstić information content (AvgIpc) is 2.25. The van der Waals surface area contributed by atoms with E-state index in [0.29, 0.717) is 5.75 Å². The zero-order valence-corrected chi connectivity index (χ0v) is 12.1. The number of benzene rings is 1. The predicted molar refractivity (Wildman–Crippen MR) is 72.1 cm³/mol. The fourth-order valence-corrected chi connectivity index (χ4v) is 2.86. The van der Waals surface area contributed by atoms with Gasteiger partial charge in [0.25, 0.3) is 9.05 Å². The van der Waals surface area contributed by atoms with E-state index in [9.17, 15) is 8.42 Å². The Morgan fingerprint density at radius 2 is 2.11 bits per heavy atom. The van der Waals surface area contributed by atoms with Gasteiger partial charge in [0.1, 0.15) is 11.9 Å². The summed E-state index contributed by atoms with van der Waals surface area (Å²) in [6.45, 7) is 6.84. The first-order valence-electron chi connectivity index (χ1n) is 5.81. The van der Waals surface area contributed by atoms with Crippen molar-refractivity contribution in [3.05, 3.63) is 18.2 Å². The van der Waals surface area contributed by atoms with Crippen LogP contribution in [-0.4, -0.2) is 27.1 Å². The smallest absolute Gasteiger partial charge is 0.261 e. The van der Waals surface area contributed by atoms with Crippen LogP contribution in [0.4, 0.5) is 5.69 Å². The maximum absolute atomic E-state index is 11.4. The van der Waals surface area contributed by atoms with E-state index in [1.165, 1.54) is 6.07 Å². The topological polar surface area (TPSA) is 46.6 Å². The minimum Gasteiger partial charge on any atom is -0.487 e. The summed E-state index contributed by atoms with van der Waals surface area (Å²) in [4.78, 5) is 2.22. The third-order valence-corrected chi connectivity index (χ3v) is 4.28. The van der Waals surface area contributed by atoms with Gasteiger partial charge >= 0.3 is 0 Å². The number of anilines is 1. The minimum absolute atomic E-state index is 0.0818. The summed E-state index contributed by atoms with van der Waals surface area (Å²) in [5.74, 6) is 0.700. The Kier molecular flexibility index (Phi) is 3.47. The van der Waals surface area contributed by atoms with Crippen LogP contribution in [0.25, 0.3) is 0 Å². The van der Waals surface area contributed by atoms with Gasteiger partial charge in [-0.1, -0.05) is 0 Å². The molecule has 0 fully saturated rings. The summed E-state index contributed by atoms with van der Waals surface area (Å²) < 4.78 is 28.4. The van der Waals surface area contributed by atoms with Crippen LogP contribution in [-0.2, 0) is 9.05 Å². The molecule has 0 radical (unpaired) electrons. The van der Waals surface area contributed by atoms with E-state index in [1.54, 1.807) is 12.1 Å². The highest BCUT2D eigenvalue weighted by Crippen LogP contribution is 2.37. The standard InChI is InChI=1S/C12H16ClNO3S/c1-8(2)14-7-9(3)17-12-5-4-10(6-11(12)14)18(13,15)16/h4-6,8-9H,7H2,1-3H3. The number of halogens is 1. The van der Waals surface area contributed by atoms with Crippen molar-refractivity contribution in [3.8, 4) is 5.75 Å². The first kappa shape index (κ1) is 13.5. The highest BCUT2D eigenvalue weighted by molar-refractivity contribution is 8.13. The van der Waals surface area contributed by atoms with E-state index in [2.05, 4.69) is 18.7 Å². The van der Waals surface area contributed by atoms with Crippen LogP contribution in [0.1, 0.15) is 20.8 Å². The molecule has 18 heavy (non-hydrogen) atoms. The largest absolute Gasteiger partial charge is 0.487 e. The average molecular weight is 290 g/mol. The summed E-state index contributed by atoms with van der Waals surface area (Å²) in [5, 5.41) is 0. The van der Waals surface area contributed by atoms with Crippen molar-refractivity contribution in [1.82, 2.24) is 0 Å². The zero-order chi connectivity index (χ0) is 13.5. The highest BCUT2D eigenvalue weighted by atomic mass is 35.7. The molecule has 0 saturated carbocycles. The second-order valence-corrected chi connectivity index (χ2v) is 7.31. The lowest BCUT2D eigenvalue weighted by atomic mass is 10.1. The predicted octanol–water partition coefficient (Wildman–Crippen LogP) is 2.61. The van der Waals surface area contributed by atoms with Gasteiger partial charge in [-0.2, -0.15) is 0 Å². The summed E-state index contributed by atoms with van der Waals surface area (Å²) in [6.07, 6.45) is 0.0818. The van der Waals surface area contributed by atoms with Crippen molar-refractivity contribution >= 4 is 25.4 Å². The van der Waals surface area contributed by atoms with Crippen LogP contribution in [0, 0.1) is 0 Å². The molecule has 0 amide bonds. The lowest BCUT2D eigenvalue weighted by molar-refractivity contribution is 0.209. The third-order valence-electron chi connectivity index (χ3n) is 2.93. The molecule has 1 aromatic carbocycles. The van der Waals surface area contributed by atoms with Crippen molar-refractivity contribution in [1.29, 1.82) is 0 Å². The first-order valence-corrected chi connectivity index (χ1v) is 8.12. The van der Waals surface area contributed by atoms with Gasteiger partial charge in [-0.05, 0) is 39.0 Å². The second-order valence-electron chi connectivity index (χ2n) is 4.74. The van der Waals surface area contributed by atoms with Gasteiger partial charge in [-0.3, -0.25) is 0 Å². The lowest BCUT2D eigenvalue weighted by Crippen LogP contribution is -2.42.